The first kappa shape index (κ1) is 11.2. The summed E-state index contributed by atoms with van der Waals surface area (Å²) in [5, 5.41) is 7.93. The molecule has 0 aliphatic heterocycles. The third-order valence-corrected chi connectivity index (χ3v) is 2.92. The Morgan fingerprint density at radius 2 is 2.38 bits per heavy atom. The Morgan fingerprint density at radius 3 is 2.94 bits per heavy atom. The minimum Gasteiger partial charge on any atom is -0.388 e. The van der Waals surface area contributed by atoms with E-state index in [1.807, 2.05) is 12.1 Å². The quantitative estimate of drug-likeness (QED) is 0.609. The summed E-state index contributed by atoms with van der Waals surface area (Å²) in [5.41, 5.74) is 5.38. The molecule has 0 saturated heterocycles. The van der Waals surface area contributed by atoms with Crippen LogP contribution >= 0.6 is 11.6 Å². The number of nitrogens with zero attached hydrogens (tertiary/aromatic N) is 2. The second-order valence-electron chi connectivity index (χ2n) is 4.01. The van der Waals surface area contributed by atoms with Gasteiger partial charge in [0.2, 0.25) is 0 Å². The van der Waals surface area contributed by atoms with Gasteiger partial charge in [0.1, 0.15) is 5.82 Å². The largest absolute Gasteiger partial charge is 0.388 e. The highest BCUT2D eigenvalue weighted by molar-refractivity contribution is 6.32. The lowest BCUT2D eigenvalue weighted by molar-refractivity contribution is 0.782. The summed E-state index contributed by atoms with van der Waals surface area (Å²) in [5.74, 6) is 1.02. The van der Waals surface area contributed by atoms with Crippen LogP contribution in [0.5, 0.6) is 0 Å². The highest BCUT2D eigenvalue weighted by Gasteiger charge is 2.30. The number of halogens is 1. The average molecular weight is 239 g/mol. The molecule has 0 aromatic carbocycles. The number of hydrogen-bond donors (Lipinski definition) is 2. The first-order chi connectivity index (χ1) is 7.68. The van der Waals surface area contributed by atoms with Crippen molar-refractivity contribution in [1.82, 2.24) is 4.98 Å². The van der Waals surface area contributed by atoms with Gasteiger partial charge in [-0.05, 0) is 25.0 Å². The Labute approximate surface area is 99.9 Å². The van der Waals surface area contributed by atoms with E-state index in [9.17, 15) is 0 Å². The highest BCUT2D eigenvalue weighted by Crippen LogP contribution is 2.33. The number of rotatable bonds is 5. The SMILES string of the molecule is N=C(N)CCN(c1ncccc1Cl)C1CC1. The van der Waals surface area contributed by atoms with Crippen molar-refractivity contribution < 1.29 is 0 Å². The van der Waals surface area contributed by atoms with Gasteiger partial charge in [0.15, 0.2) is 0 Å². The molecule has 0 radical (unpaired) electrons. The number of anilines is 1. The molecule has 0 amide bonds. The maximum Gasteiger partial charge on any atom is 0.147 e. The fourth-order valence-corrected chi connectivity index (χ4v) is 1.91. The van der Waals surface area contributed by atoms with Gasteiger partial charge in [-0.15, -0.1) is 0 Å². The van der Waals surface area contributed by atoms with Crippen molar-refractivity contribution in [2.24, 2.45) is 5.73 Å². The summed E-state index contributed by atoms with van der Waals surface area (Å²) in [7, 11) is 0. The molecule has 1 aliphatic rings. The van der Waals surface area contributed by atoms with Gasteiger partial charge in [-0.1, -0.05) is 11.6 Å². The van der Waals surface area contributed by atoms with E-state index in [0.29, 0.717) is 17.5 Å². The summed E-state index contributed by atoms with van der Waals surface area (Å²) in [6.07, 6.45) is 4.64. The van der Waals surface area contributed by atoms with E-state index >= 15 is 0 Å². The van der Waals surface area contributed by atoms with Crippen molar-refractivity contribution in [3.05, 3.63) is 23.4 Å². The number of pyridine rings is 1. The second-order valence-corrected chi connectivity index (χ2v) is 4.42. The fourth-order valence-electron chi connectivity index (χ4n) is 1.68. The standard InChI is InChI=1S/C11H15ClN4/c12-9-2-1-6-15-11(9)16(8-3-4-8)7-5-10(13)14/h1-2,6,8H,3-5,7H2,(H3,13,14). The van der Waals surface area contributed by atoms with Crippen LogP contribution in [0, 0.1) is 5.41 Å². The van der Waals surface area contributed by atoms with Crippen molar-refractivity contribution in [3.8, 4) is 0 Å². The fraction of sp³-hybridized carbons (Fsp3) is 0.455. The van der Waals surface area contributed by atoms with Crippen molar-refractivity contribution in [2.75, 3.05) is 11.4 Å². The molecule has 16 heavy (non-hydrogen) atoms. The van der Waals surface area contributed by atoms with Crippen LogP contribution in [0.25, 0.3) is 0 Å². The smallest absolute Gasteiger partial charge is 0.147 e. The molecule has 2 rings (SSSR count). The lowest BCUT2D eigenvalue weighted by Gasteiger charge is -2.24. The summed E-state index contributed by atoms with van der Waals surface area (Å²) >= 11 is 6.12. The average Bonchev–Trinajstić information content (AvgIpc) is 3.04. The zero-order chi connectivity index (χ0) is 11.5. The lowest BCUT2D eigenvalue weighted by Crippen LogP contribution is -2.30. The van der Waals surface area contributed by atoms with Crippen LogP contribution in [-0.2, 0) is 0 Å². The van der Waals surface area contributed by atoms with Crippen molar-refractivity contribution in [2.45, 2.75) is 25.3 Å². The first-order valence-electron chi connectivity index (χ1n) is 5.38. The Hall–Kier alpha value is -1.29. The predicted molar refractivity (Wildman–Crippen MR) is 66.1 cm³/mol. The van der Waals surface area contributed by atoms with Crippen molar-refractivity contribution in [3.63, 3.8) is 0 Å². The number of aromatic nitrogens is 1. The van der Waals surface area contributed by atoms with Gasteiger partial charge in [0.25, 0.3) is 0 Å². The van der Waals surface area contributed by atoms with Gasteiger partial charge in [-0.2, -0.15) is 0 Å². The molecule has 3 N–H and O–H groups in total. The first-order valence-corrected chi connectivity index (χ1v) is 5.76. The Morgan fingerprint density at radius 1 is 1.62 bits per heavy atom. The summed E-state index contributed by atoms with van der Waals surface area (Å²) < 4.78 is 0. The zero-order valence-corrected chi connectivity index (χ0v) is 9.74. The van der Waals surface area contributed by atoms with Gasteiger partial charge in [-0.3, -0.25) is 5.41 Å². The second kappa shape index (κ2) is 4.70. The molecular formula is C11H15ClN4. The molecule has 5 heteroatoms. The Balaban J connectivity index is 2.12. The molecule has 0 unspecified atom stereocenters. The lowest BCUT2D eigenvalue weighted by atomic mass is 10.3. The van der Waals surface area contributed by atoms with E-state index in [1.54, 1.807) is 6.20 Å². The van der Waals surface area contributed by atoms with E-state index in [-0.39, 0.29) is 5.84 Å². The van der Waals surface area contributed by atoms with Crippen molar-refractivity contribution in [1.29, 1.82) is 5.41 Å². The molecule has 1 aromatic rings. The summed E-state index contributed by atoms with van der Waals surface area (Å²) in [4.78, 5) is 6.46. The van der Waals surface area contributed by atoms with Crippen LogP contribution < -0.4 is 10.6 Å². The maximum atomic E-state index is 7.26. The van der Waals surface area contributed by atoms with Crippen LogP contribution in [0.2, 0.25) is 5.02 Å². The van der Waals surface area contributed by atoms with Crippen LogP contribution in [0.15, 0.2) is 18.3 Å². The zero-order valence-electron chi connectivity index (χ0n) is 8.99. The van der Waals surface area contributed by atoms with Crippen LogP contribution in [0.1, 0.15) is 19.3 Å². The molecule has 1 aromatic heterocycles. The minimum atomic E-state index is 0.206. The molecule has 0 atom stereocenters. The number of nitrogens with two attached hydrogens (primary N) is 1. The van der Waals surface area contributed by atoms with Gasteiger partial charge in [-0.25, -0.2) is 4.98 Å². The van der Waals surface area contributed by atoms with E-state index in [1.165, 1.54) is 12.8 Å². The minimum absolute atomic E-state index is 0.206. The van der Waals surface area contributed by atoms with Crippen LogP contribution in [0.3, 0.4) is 0 Å². The molecule has 1 heterocycles. The normalized spacial score (nSPS) is 14.8. The Bertz CT molecular complexity index is 389. The van der Waals surface area contributed by atoms with E-state index in [4.69, 9.17) is 22.7 Å². The number of nitrogens with one attached hydrogen (secondary N) is 1. The van der Waals surface area contributed by atoms with E-state index in [2.05, 4.69) is 9.88 Å². The molecule has 0 bridgehead atoms. The molecule has 0 spiro atoms. The molecule has 86 valence electrons. The van der Waals surface area contributed by atoms with Gasteiger partial charge in [0, 0.05) is 25.2 Å². The molecule has 1 aliphatic carbocycles. The monoisotopic (exact) mass is 238 g/mol. The van der Waals surface area contributed by atoms with Gasteiger partial charge in [0.05, 0.1) is 10.9 Å². The molecular weight excluding hydrogens is 224 g/mol. The summed E-state index contributed by atoms with van der Waals surface area (Å²) in [6.45, 7) is 0.719. The third-order valence-electron chi connectivity index (χ3n) is 2.62. The number of hydrogen-bond acceptors (Lipinski definition) is 3. The van der Waals surface area contributed by atoms with E-state index in [0.717, 1.165) is 12.4 Å². The Kier molecular flexibility index (Phi) is 3.29. The number of amidine groups is 1. The molecule has 1 fully saturated rings. The predicted octanol–water partition coefficient (Wildman–Crippen LogP) is 2.03. The van der Waals surface area contributed by atoms with Crippen LogP contribution in [-0.4, -0.2) is 23.4 Å². The molecule has 4 nitrogen and oxygen atoms in total. The maximum absolute atomic E-state index is 7.26. The van der Waals surface area contributed by atoms with Gasteiger partial charge >= 0.3 is 0 Å². The van der Waals surface area contributed by atoms with Crippen molar-refractivity contribution >= 4 is 23.3 Å². The van der Waals surface area contributed by atoms with Gasteiger partial charge < -0.3 is 10.6 Å². The molecule has 1 saturated carbocycles. The van der Waals surface area contributed by atoms with E-state index < -0.39 is 0 Å². The third kappa shape index (κ3) is 2.64. The topological polar surface area (TPSA) is 66.0 Å². The summed E-state index contributed by atoms with van der Waals surface area (Å²) in [6, 6.07) is 4.18. The van der Waals surface area contributed by atoms with Crippen LogP contribution in [0.4, 0.5) is 5.82 Å². The highest BCUT2D eigenvalue weighted by atomic mass is 35.5.